The molecule has 1 N–H and O–H groups in total. The van der Waals surface area contributed by atoms with Crippen LogP contribution in [0, 0.1) is 0 Å². The van der Waals surface area contributed by atoms with Gasteiger partial charge in [-0.2, -0.15) is 0 Å². The van der Waals surface area contributed by atoms with E-state index in [1.807, 2.05) is 0 Å². The van der Waals surface area contributed by atoms with Crippen LogP contribution in [0.15, 0.2) is 48.6 Å². The quantitative estimate of drug-likeness (QED) is 0.0502. The highest BCUT2D eigenvalue weighted by molar-refractivity contribution is 5.66. The number of carboxylic acids is 1. The fourth-order valence-corrected chi connectivity index (χ4v) is 7.22. The maximum atomic E-state index is 10.8. The van der Waals surface area contributed by atoms with Crippen molar-refractivity contribution in [3.05, 3.63) is 48.6 Å². The maximum absolute atomic E-state index is 10.8. The van der Waals surface area contributed by atoms with Crippen LogP contribution in [0.3, 0.4) is 0 Å². The summed E-state index contributed by atoms with van der Waals surface area (Å²) in [4.78, 5) is 13.1. The number of hydrogen-bond donors (Lipinski definition) is 1. The Morgan fingerprint density at radius 2 is 1.02 bits per heavy atom. The van der Waals surface area contributed by atoms with Gasteiger partial charge in [0.15, 0.2) is 5.79 Å². The van der Waals surface area contributed by atoms with E-state index in [-0.39, 0.29) is 18.3 Å². The second-order valence-electron chi connectivity index (χ2n) is 15.9. The zero-order chi connectivity index (χ0) is 38.3. The third kappa shape index (κ3) is 32.3. The van der Waals surface area contributed by atoms with Gasteiger partial charge in [-0.25, -0.2) is 0 Å². The smallest absolute Gasteiger partial charge is 0.303 e. The fraction of sp³-hybridized carbons (Fsp3) is 0.812. The number of ether oxygens (including phenoxy) is 2. The Kier molecular flexibility index (Phi) is 34.7. The van der Waals surface area contributed by atoms with Gasteiger partial charge < -0.3 is 19.5 Å². The van der Waals surface area contributed by atoms with Gasteiger partial charge in [-0.05, 0) is 110 Å². The van der Waals surface area contributed by atoms with Gasteiger partial charge in [0, 0.05) is 25.8 Å². The molecule has 0 aliphatic carbocycles. The maximum Gasteiger partial charge on any atom is 0.303 e. The van der Waals surface area contributed by atoms with Crippen LogP contribution in [0.25, 0.3) is 0 Å². The van der Waals surface area contributed by atoms with Crippen molar-refractivity contribution in [1.82, 2.24) is 4.90 Å². The van der Waals surface area contributed by atoms with Gasteiger partial charge in [0.1, 0.15) is 0 Å². The standard InChI is InChI=1S/C48H87NO4/c1-4-6-8-10-12-14-16-18-20-22-24-26-28-30-32-36-41-48(52-45-46(53-48)40-44-49(3)43-38-34-35-39-47(50)51)42-37-33-31-29-27-25-23-21-19-17-15-13-11-9-7-5-2/h12-15,18-21,46H,4-11,16-17,22-45H2,1-3H3,(H,50,51). The molecule has 1 atom stereocenters. The van der Waals surface area contributed by atoms with Crippen molar-refractivity contribution >= 4 is 5.97 Å². The first kappa shape index (κ1) is 49.3. The van der Waals surface area contributed by atoms with Gasteiger partial charge in [-0.15, -0.1) is 0 Å². The normalized spacial score (nSPS) is 18.0. The molecule has 0 amide bonds. The number of unbranched alkanes of at least 4 members (excludes halogenated alkanes) is 20. The molecule has 0 aromatic rings. The molecule has 0 radical (unpaired) electrons. The summed E-state index contributed by atoms with van der Waals surface area (Å²) in [6, 6.07) is 0. The van der Waals surface area contributed by atoms with Crippen LogP contribution in [0.5, 0.6) is 0 Å². The monoisotopic (exact) mass is 742 g/mol. The van der Waals surface area contributed by atoms with Crippen LogP contribution < -0.4 is 0 Å². The number of rotatable bonds is 39. The third-order valence-corrected chi connectivity index (χ3v) is 10.7. The number of hydrogen-bond acceptors (Lipinski definition) is 4. The lowest BCUT2D eigenvalue weighted by Gasteiger charge is -2.29. The predicted molar refractivity (Wildman–Crippen MR) is 230 cm³/mol. The van der Waals surface area contributed by atoms with Crippen LogP contribution in [0.1, 0.15) is 213 Å². The van der Waals surface area contributed by atoms with Crippen molar-refractivity contribution in [2.24, 2.45) is 0 Å². The number of carboxylic acid groups (broad SMARTS) is 1. The summed E-state index contributed by atoms with van der Waals surface area (Å²) >= 11 is 0. The van der Waals surface area contributed by atoms with Crippen molar-refractivity contribution in [2.75, 3.05) is 26.7 Å². The number of allylic oxidation sites excluding steroid dienone is 8. The molecule has 0 aromatic carbocycles. The zero-order valence-electron chi connectivity index (χ0n) is 35.4. The van der Waals surface area contributed by atoms with E-state index in [0.717, 1.165) is 71.1 Å². The summed E-state index contributed by atoms with van der Waals surface area (Å²) in [5, 5.41) is 8.87. The lowest BCUT2D eigenvalue weighted by atomic mass is 9.98. The van der Waals surface area contributed by atoms with Crippen molar-refractivity contribution in [3.8, 4) is 0 Å². The van der Waals surface area contributed by atoms with E-state index in [2.05, 4.69) is 74.4 Å². The molecule has 5 nitrogen and oxygen atoms in total. The largest absolute Gasteiger partial charge is 0.481 e. The molecule has 1 rings (SSSR count). The molecule has 1 aliphatic heterocycles. The summed E-state index contributed by atoms with van der Waals surface area (Å²) in [6.45, 7) is 7.26. The number of aliphatic carboxylic acids is 1. The molecule has 1 aliphatic rings. The van der Waals surface area contributed by atoms with Crippen molar-refractivity contribution < 1.29 is 19.4 Å². The first-order valence-electron chi connectivity index (χ1n) is 22.8. The first-order valence-corrected chi connectivity index (χ1v) is 22.8. The van der Waals surface area contributed by atoms with E-state index in [9.17, 15) is 4.79 Å². The second-order valence-corrected chi connectivity index (χ2v) is 15.9. The van der Waals surface area contributed by atoms with Crippen molar-refractivity contribution in [2.45, 2.75) is 225 Å². The molecule has 1 heterocycles. The Morgan fingerprint density at radius 1 is 0.585 bits per heavy atom. The average molecular weight is 742 g/mol. The van der Waals surface area contributed by atoms with E-state index in [1.54, 1.807) is 0 Å². The third-order valence-electron chi connectivity index (χ3n) is 10.7. The molecule has 308 valence electrons. The Bertz CT molecular complexity index is 877. The van der Waals surface area contributed by atoms with E-state index < -0.39 is 5.97 Å². The number of carbonyl (C=O) groups is 1. The fourth-order valence-electron chi connectivity index (χ4n) is 7.22. The highest BCUT2D eigenvalue weighted by atomic mass is 16.7. The second kappa shape index (κ2) is 37.2. The Morgan fingerprint density at radius 3 is 1.49 bits per heavy atom. The SMILES string of the molecule is CCCCCC=CCC=CCCCCCCCCC1(CCCCCCCCC=CCC=CCCCCC)OCC(CCN(C)CCCCCC(=O)O)O1. The number of nitrogens with zero attached hydrogens (tertiary/aromatic N) is 1. The highest BCUT2D eigenvalue weighted by Crippen LogP contribution is 2.35. The lowest BCUT2D eigenvalue weighted by Crippen LogP contribution is -2.32. The van der Waals surface area contributed by atoms with Crippen LogP contribution >= 0.6 is 0 Å². The van der Waals surface area contributed by atoms with Gasteiger partial charge >= 0.3 is 5.97 Å². The van der Waals surface area contributed by atoms with Gasteiger partial charge in [0.25, 0.3) is 0 Å². The molecule has 0 saturated carbocycles. The van der Waals surface area contributed by atoms with Crippen LogP contribution in [-0.2, 0) is 14.3 Å². The average Bonchev–Trinajstić information content (AvgIpc) is 3.56. The van der Waals surface area contributed by atoms with E-state index in [4.69, 9.17) is 14.6 Å². The molecular formula is C48H87NO4. The van der Waals surface area contributed by atoms with E-state index in [1.165, 1.54) is 141 Å². The molecule has 1 saturated heterocycles. The highest BCUT2D eigenvalue weighted by Gasteiger charge is 2.40. The minimum atomic E-state index is -0.689. The minimum Gasteiger partial charge on any atom is -0.481 e. The van der Waals surface area contributed by atoms with Crippen LogP contribution in [0.4, 0.5) is 0 Å². The zero-order valence-corrected chi connectivity index (χ0v) is 35.4. The summed E-state index contributed by atoms with van der Waals surface area (Å²) in [5.74, 6) is -1.07. The predicted octanol–water partition coefficient (Wildman–Crippen LogP) is 14.5. The minimum absolute atomic E-state index is 0.179. The van der Waals surface area contributed by atoms with Gasteiger partial charge in [0.2, 0.25) is 0 Å². The van der Waals surface area contributed by atoms with E-state index in [0.29, 0.717) is 0 Å². The summed E-state index contributed by atoms with van der Waals surface area (Å²) < 4.78 is 13.3. The van der Waals surface area contributed by atoms with Crippen LogP contribution in [-0.4, -0.2) is 54.6 Å². The molecule has 0 bridgehead atoms. The topological polar surface area (TPSA) is 59.0 Å². The van der Waals surface area contributed by atoms with Crippen molar-refractivity contribution in [3.63, 3.8) is 0 Å². The lowest BCUT2D eigenvalue weighted by molar-refractivity contribution is -0.180. The summed E-state index contributed by atoms with van der Waals surface area (Å²) in [5.41, 5.74) is 0. The molecule has 53 heavy (non-hydrogen) atoms. The van der Waals surface area contributed by atoms with Gasteiger partial charge in [0.05, 0.1) is 12.7 Å². The van der Waals surface area contributed by atoms with Gasteiger partial charge in [-0.3, -0.25) is 4.79 Å². The Labute approximate surface area is 329 Å². The molecule has 1 unspecified atom stereocenters. The molecule has 0 spiro atoms. The van der Waals surface area contributed by atoms with Crippen LogP contribution in [0.2, 0.25) is 0 Å². The van der Waals surface area contributed by atoms with Gasteiger partial charge in [-0.1, -0.05) is 146 Å². The van der Waals surface area contributed by atoms with Crippen molar-refractivity contribution in [1.29, 1.82) is 0 Å². The molecule has 1 fully saturated rings. The summed E-state index contributed by atoms with van der Waals surface area (Å²) in [7, 11) is 2.18. The summed E-state index contributed by atoms with van der Waals surface area (Å²) in [6.07, 6.45) is 55.6. The molecular weight excluding hydrogens is 655 g/mol. The first-order chi connectivity index (χ1) is 26.0. The Hall–Kier alpha value is -1.69. The molecule has 5 heteroatoms. The molecule has 0 aromatic heterocycles. The Balaban J connectivity index is 2.31. The van der Waals surface area contributed by atoms with E-state index >= 15 is 0 Å².